The normalized spacial score (nSPS) is 13.0. The predicted octanol–water partition coefficient (Wildman–Crippen LogP) is 0.810. The number of ether oxygens (including phenoxy) is 2. The molecule has 14 heavy (non-hydrogen) atoms. The third-order valence-corrected chi connectivity index (χ3v) is 2.26. The summed E-state index contributed by atoms with van der Waals surface area (Å²) in [5, 5.41) is 0. The maximum absolute atomic E-state index is 5.48. The minimum absolute atomic E-state index is 0.319. The summed E-state index contributed by atoms with van der Waals surface area (Å²) in [6, 6.07) is 5.89. The van der Waals surface area contributed by atoms with Gasteiger partial charge in [0, 0.05) is 31.9 Å². The summed E-state index contributed by atoms with van der Waals surface area (Å²) in [4.78, 5) is 2.09. The Bertz CT molecular complexity index is 328. The summed E-state index contributed by atoms with van der Waals surface area (Å²) in [5.41, 5.74) is 6.58. The number of rotatable bonds is 3. The SMILES string of the molecule is CN(CCN)c1ccc2c(c1)OCO2. The van der Waals surface area contributed by atoms with Gasteiger partial charge in [0.15, 0.2) is 11.5 Å². The fourth-order valence-electron chi connectivity index (χ4n) is 1.45. The van der Waals surface area contributed by atoms with Crippen molar-refractivity contribution in [1.82, 2.24) is 0 Å². The molecule has 0 saturated carbocycles. The molecule has 0 aromatic heterocycles. The molecule has 1 aromatic rings. The molecule has 0 atom stereocenters. The molecule has 0 fully saturated rings. The summed E-state index contributed by atoms with van der Waals surface area (Å²) in [6.07, 6.45) is 0. The molecule has 0 amide bonds. The average molecular weight is 194 g/mol. The average Bonchev–Trinajstić information content (AvgIpc) is 2.64. The Labute approximate surface area is 83.2 Å². The first-order valence-electron chi connectivity index (χ1n) is 4.62. The van der Waals surface area contributed by atoms with Crippen LogP contribution in [0.5, 0.6) is 11.5 Å². The van der Waals surface area contributed by atoms with E-state index in [0.29, 0.717) is 13.3 Å². The second-order valence-electron chi connectivity index (χ2n) is 3.25. The smallest absolute Gasteiger partial charge is 0.231 e. The predicted molar refractivity (Wildman–Crippen MR) is 54.9 cm³/mol. The summed E-state index contributed by atoms with van der Waals surface area (Å²) < 4.78 is 10.5. The van der Waals surface area contributed by atoms with Crippen LogP contribution in [-0.4, -0.2) is 26.9 Å². The van der Waals surface area contributed by atoms with Crippen LogP contribution in [0, 0.1) is 0 Å². The Kier molecular flexibility index (Phi) is 2.45. The molecule has 0 aliphatic carbocycles. The van der Waals surface area contributed by atoms with E-state index >= 15 is 0 Å². The molecule has 0 radical (unpaired) electrons. The molecular formula is C10H14N2O2. The summed E-state index contributed by atoms with van der Waals surface area (Å²) in [6.45, 7) is 1.80. The van der Waals surface area contributed by atoms with Crippen LogP contribution in [0.2, 0.25) is 0 Å². The highest BCUT2D eigenvalue weighted by molar-refractivity contribution is 5.56. The first-order valence-corrected chi connectivity index (χ1v) is 4.62. The highest BCUT2D eigenvalue weighted by Gasteiger charge is 2.14. The zero-order valence-corrected chi connectivity index (χ0v) is 8.19. The number of hydrogen-bond acceptors (Lipinski definition) is 4. The standard InChI is InChI=1S/C10H14N2O2/c1-12(5-4-11)8-2-3-9-10(6-8)14-7-13-9/h2-3,6H,4-5,7,11H2,1H3. The van der Waals surface area contributed by atoms with Crippen molar-refractivity contribution in [2.75, 3.05) is 31.8 Å². The van der Waals surface area contributed by atoms with E-state index in [4.69, 9.17) is 15.2 Å². The number of benzene rings is 1. The quantitative estimate of drug-likeness (QED) is 0.773. The fourth-order valence-corrected chi connectivity index (χ4v) is 1.45. The Balaban J connectivity index is 2.19. The maximum Gasteiger partial charge on any atom is 0.231 e. The molecule has 1 aromatic carbocycles. The number of anilines is 1. The lowest BCUT2D eigenvalue weighted by molar-refractivity contribution is 0.174. The van der Waals surface area contributed by atoms with Gasteiger partial charge in [-0.2, -0.15) is 0 Å². The van der Waals surface area contributed by atoms with Gasteiger partial charge in [0.25, 0.3) is 0 Å². The van der Waals surface area contributed by atoms with E-state index in [0.717, 1.165) is 23.7 Å². The molecular weight excluding hydrogens is 180 g/mol. The molecule has 1 aliphatic heterocycles. The summed E-state index contributed by atoms with van der Waals surface area (Å²) in [7, 11) is 2.00. The van der Waals surface area contributed by atoms with Gasteiger partial charge in [0.1, 0.15) is 0 Å². The maximum atomic E-state index is 5.48. The third kappa shape index (κ3) is 1.61. The van der Waals surface area contributed by atoms with Crippen LogP contribution in [0.25, 0.3) is 0 Å². The van der Waals surface area contributed by atoms with Crippen LogP contribution >= 0.6 is 0 Å². The molecule has 0 unspecified atom stereocenters. The molecule has 0 bridgehead atoms. The highest BCUT2D eigenvalue weighted by atomic mass is 16.7. The van der Waals surface area contributed by atoms with E-state index in [1.807, 2.05) is 25.2 Å². The van der Waals surface area contributed by atoms with Gasteiger partial charge in [0.2, 0.25) is 6.79 Å². The molecule has 0 spiro atoms. The minimum Gasteiger partial charge on any atom is -0.454 e. The zero-order chi connectivity index (χ0) is 9.97. The number of nitrogens with zero attached hydrogens (tertiary/aromatic N) is 1. The summed E-state index contributed by atoms with van der Waals surface area (Å²) in [5.74, 6) is 1.63. The molecule has 4 heteroatoms. The lowest BCUT2D eigenvalue weighted by Gasteiger charge is -2.18. The molecule has 1 aliphatic rings. The largest absolute Gasteiger partial charge is 0.454 e. The van der Waals surface area contributed by atoms with Crippen LogP contribution in [-0.2, 0) is 0 Å². The van der Waals surface area contributed by atoms with Crippen molar-refractivity contribution < 1.29 is 9.47 Å². The number of hydrogen-bond donors (Lipinski definition) is 1. The van der Waals surface area contributed by atoms with Gasteiger partial charge in [-0.25, -0.2) is 0 Å². The third-order valence-electron chi connectivity index (χ3n) is 2.26. The van der Waals surface area contributed by atoms with Gasteiger partial charge in [-0.15, -0.1) is 0 Å². The Morgan fingerprint density at radius 3 is 2.93 bits per heavy atom. The van der Waals surface area contributed by atoms with E-state index in [9.17, 15) is 0 Å². The number of nitrogens with two attached hydrogens (primary N) is 1. The first-order chi connectivity index (χ1) is 6.81. The van der Waals surface area contributed by atoms with E-state index < -0.39 is 0 Å². The molecule has 2 rings (SSSR count). The van der Waals surface area contributed by atoms with Crippen LogP contribution in [0.3, 0.4) is 0 Å². The Hall–Kier alpha value is -1.42. The second-order valence-corrected chi connectivity index (χ2v) is 3.25. The van der Waals surface area contributed by atoms with Gasteiger partial charge in [0.05, 0.1) is 0 Å². The summed E-state index contributed by atoms with van der Waals surface area (Å²) >= 11 is 0. The zero-order valence-electron chi connectivity index (χ0n) is 8.19. The highest BCUT2D eigenvalue weighted by Crippen LogP contribution is 2.34. The van der Waals surface area contributed by atoms with Gasteiger partial charge < -0.3 is 20.1 Å². The van der Waals surface area contributed by atoms with Crippen LogP contribution < -0.4 is 20.1 Å². The Morgan fingerprint density at radius 2 is 2.14 bits per heavy atom. The molecule has 4 nitrogen and oxygen atoms in total. The molecule has 2 N–H and O–H groups in total. The van der Waals surface area contributed by atoms with Gasteiger partial charge in [-0.05, 0) is 12.1 Å². The molecule has 1 heterocycles. The van der Waals surface area contributed by atoms with Crippen molar-refractivity contribution in [3.05, 3.63) is 18.2 Å². The van der Waals surface area contributed by atoms with Crippen molar-refractivity contribution in [1.29, 1.82) is 0 Å². The van der Waals surface area contributed by atoms with Crippen molar-refractivity contribution in [3.8, 4) is 11.5 Å². The molecule has 76 valence electrons. The van der Waals surface area contributed by atoms with E-state index in [1.165, 1.54) is 0 Å². The lowest BCUT2D eigenvalue weighted by atomic mass is 10.2. The lowest BCUT2D eigenvalue weighted by Crippen LogP contribution is -2.24. The minimum atomic E-state index is 0.319. The van der Waals surface area contributed by atoms with Crippen molar-refractivity contribution in [2.24, 2.45) is 5.73 Å². The van der Waals surface area contributed by atoms with E-state index in [2.05, 4.69) is 4.90 Å². The van der Waals surface area contributed by atoms with Gasteiger partial charge in [-0.1, -0.05) is 0 Å². The Morgan fingerprint density at radius 1 is 1.36 bits per heavy atom. The fraction of sp³-hybridized carbons (Fsp3) is 0.400. The van der Waals surface area contributed by atoms with E-state index in [1.54, 1.807) is 0 Å². The first kappa shape index (κ1) is 9.15. The van der Waals surface area contributed by atoms with Crippen LogP contribution in [0.15, 0.2) is 18.2 Å². The van der Waals surface area contributed by atoms with Crippen molar-refractivity contribution >= 4 is 5.69 Å². The topological polar surface area (TPSA) is 47.7 Å². The van der Waals surface area contributed by atoms with Crippen LogP contribution in [0.1, 0.15) is 0 Å². The number of fused-ring (bicyclic) bond motifs is 1. The van der Waals surface area contributed by atoms with Crippen LogP contribution in [0.4, 0.5) is 5.69 Å². The van der Waals surface area contributed by atoms with Gasteiger partial charge >= 0.3 is 0 Å². The van der Waals surface area contributed by atoms with Crippen molar-refractivity contribution in [3.63, 3.8) is 0 Å². The number of likely N-dealkylation sites (N-methyl/N-ethyl adjacent to an activating group) is 1. The monoisotopic (exact) mass is 194 g/mol. The van der Waals surface area contributed by atoms with Gasteiger partial charge in [-0.3, -0.25) is 0 Å². The van der Waals surface area contributed by atoms with E-state index in [-0.39, 0.29) is 0 Å². The second kappa shape index (κ2) is 3.75. The molecule has 0 saturated heterocycles. The van der Waals surface area contributed by atoms with Crippen molar-refractivity contribution in [2.45, 2.75) is 0 Å².